The molecule has 0 spiro atoms. The lowest BCUT2D eigenvalue weighted by molar-refractivity contribution is 0.271. The Hall–Kier alpha value is -1.55. The molecule has 1 heterocycles. The predicted molar refractivity (Wildman–Crippen MR) is 71.8 cm³/mol. The van der Waals surface area contributed by atoms with Crippen molar-refractivity contribution in [3.63, 3.8) is 0 Å². The SMILES string of the molecule is CCN1CCN(c2ccccc2C(=N)N)CC1. The molecule has 4 nitrogen and oxygen atoms in total. The lowest BCUT2D eigenvalue weighted by Gasteiger charge is -2.36. The monoisotopic (exact) mass is 232 g/mol. The van der Waals surface area contributed by atoms with Gasteiger partial charge in [-0.15, -0.1) is 0 Å². The molecular formula is C13H20N4. The van der Waals surface area contributed by atoms with Crippen molar-refractivity contribution in [1.29, 1.82) is 5.41 Å². The fourth-order valence-corrected chi connectivity index (χ4v) is 2.28. The van der Waals surface area contributed by atoms with E-state index in [-0.39, 0.29) is 5.84 Å². The Morgan fingerprint density at radius 1 is 1.24 bits per heavy atom. The van der Waals surface area contributed by atoms with Crippen molar-refractivity contribution in [2.45, 2.75) is 6.92 Å². The van der Waals surface area contributed by atoms with Crippen molar-refractivity contribution in [3.05, 3.63) is 29.8 Å². The number of nitrogen functional groups attached to an aromatic ring is 1. The molecule has 0 unspecified atom stereocenters. The van der Waals surface area contributed by atoms with Crippen molar-refractivity contribution in [1.82, 2.24) is 4.90 Å². The van der Waals surface area contributed by atoms with Gasteiger partial charge in [0.1, 0.15) is 5.84 Å². The molecule has 0 aliphatic carbocycles. The zero-order chi connectivity index (χ0) is 12.3. The minimum atomic E-state index is 0.151. The third-order valence-electron chi connectivity index (χ3n) is 3.35. The largest absolute Gasteiger partial charge is 0.384 e. The van der Waals surface area contributed by atoms with E-state index in [4.69, 9.17) is 11.1 Å². The highest BCUT2D eigenvalue weighted by Crippen LogP contribution is 2.21. The van der Waals surface area contributed by atoms with E-state index in [1.807, 2.05) is 18.2 Å². The molecule has 0 bridgehead atoms. The number of benzene rings is 1. The molecule has 0 amide bonds. The normalized spacial score (nSPS) is 17.1. The maximum absolute atomic E-state index is 7.61. The number of piperazine rings is 1. The zero-order valence-corrected chi connectivity index (χ0v) is 10.3. The highest BCUT2D eigenvalue weighted by molar-refractivity contribution is 6.00. The number of nitrogens with two attached hydrogens (primary N) is 1. The average Bonchev–Trinajstić information content (AvgIpc) is 2.39. The number of nitrogens with one attached hydrogen (secondary N) is 1. The lowest BCUT2D eigenvalue weighted by atomic mass is 10.1. The quantitative estimate of drug-likeness (QED) is 0.606. The van der Waals surface area contributed by atoms with Gasteiger partial charge in [0.25, 0.3) is 0 Å². The summed E-state index contributed by atoms with van der Waals surface area (Å²) in [6.45, 7) is 7.50. The average molecular weight is 232 g/mol. The van der Waals surface area contributed by atoms with Gasteiger partial charge in [-0.05, 0) is 18.7 Å². The number of anilines is 1. The summed E-state index contributed by atoms with van der Waals surface area (Å²) in [5.74, 6) is 0.151. The molecule has 1 aliphatic heterocycles. The number of hydrogen-bond acceptors (Lipinski definition) is 3. The summed E-state index contributed by atoms with van der Waals surface area (Å²) >= 11 is 0. The first-order valence-electron chi connectivity index (χ1n) is 6.13. The van der Waals surface area contributed by atoms with Crippen molar-refractivity contribution in [3.8, 4) is 0 Å². The Morgan fingerprint density at radius 2 is 1.88 bits per heavy atom. The maximum Gasteiger partial charge on any atom is 0.124 e. The molecule has 1 aromatic carbocycles. The molecule has 1 aromatic rings. The Bertz CT molecular complexity index is 394. The number of para-hydroxylation sites is 1. The molecule has 0 radical (unpaired) electrons. The Kier molecular flexibility index (Phi) is 3.64. The van der Waals surface area contributed by atoms with Crippen LogP contribution >= 0.6 is 0 Å². The van der Waals surface area contributed by atoms with Gasteiger partial charge in [0.2, 0.25) is 0 Å². The first-order chi connectivity index (χ1) is 8.22. The van der Waals surface area contributed by atoms with Gasteiger partial charge in [0, 0.05) is 37.4 Å². The summed E-state index contributed by atoms with van der Waals surface area (Å²) in [5.41, 5.74) is 7.56. The number of hydrogen-bond donors (Lipinski definition) is 2. The summed E-state index contributed by atoms with van der Waals surface area (Å²) in [5, 5.41) is 7.61. The van der Waals surface area contributed by atoms with Gasteiger partial charge in [-0.3, -0.25) is 5.41 Å². The first kappa shape index (κ1) is 11.9. The maximum atomic E-state index is 7.61. The number of rotatable bonds is 3. The molecule has 0 aromatic heterocycles. The van der Waals surface area contributed by atoms with Gasteiger partial charge in [0.05, 0.1) is 0 Å². The fourth-order valence-electron chi connectivity index (χ4n) is 2.28. The van der Waals surface area contributed by atoms with Crippen molar-refractivity contribution in [2.75, 3.05) is 37.6 Å². The van der Waals surface area contributed by atoms with Crippen LogP contribution < -0.4 is 10.6 Å². The van der Waals surface area contributed by atoms with E-state index in [0.29, 0.717) is 0 Å². The van der Waals surface area contributed by atoms with Gasteiger partial charge in [0.15, 0.2) is 0 Å². The molecular weight excluding hydrogens is 212 g/mol. The van der Waals surface area contributed by atoms with E-state index < -0.39 is 0 Å². The van der Waals surface area contributed by atoms with Crippen LogP contribution in [-0.2, 0) is 0 Å². The van der Waals surface area contributed by atoms with Crippen LogP contribution in [0.5, 0.6) is 0 Å². The van der Waals surface area contributed by atoms with E-state index in [2.05, 4.69) is 22.8 Å². The first-order valence-corrected chi connectivity index (χ1v) is 6.13. The van der Waals surface area contributed by atoms with Crippen LogP contribution in [0.15, 0.2) is 24.3 Å². The third-order valence-corrected chi connectivity index (χ3v) is 3.35. The zero-order valence-electron chi connectivity index (χ0n) is 10.3. The third kappa shape index (κ3) is 2.58. The highest BCUT2D eigenvalue weighted by atomic mass is 15.3. The van der Waals surface area contributed by atoms with Crippen molar-refractivity contribution >= 4 is 11.5 Å². The topological polar surface area (TPSA) is 56.4 Å². The molecule has 1 fully saturated rings. The lowest BCUT2D eigenvalue weighted by Crippen LogP contribution is -2.46. The van der Waals surface area contributed by atoms with Crippen LogP contribution in [0.25, 0.3) is 0 Å². The molecule has 1 saturated heterocycles. The minimum absolute atomic E-state index is 0.151. The van der Waals surface area contributed by atoms with E-state index in [1.165, 1.54) is 0 Å². The molecule has 0 saturated carbocycles. The Labute approximate surface area is 103 Å². The van der Waals surface area contributed by atoms with Gasteiger partial charge >= 0.3 is 0 Å². The highest BCUT2D eigenvalue weighted by Gasteiger charge is 2.18. The van der Waals surface area contributed by atoms with Crippen molar-refractivity contribution in [2.24, 2.45) is 5.73 Å². The van der Waals surface area contributed by atoms with Crippen LogP contribution in [0.3, 0.4) is 0 Å². The van der Waals surface area contributed by atoms with Crippen LogP contribution in [0.1, 0.15) is 12.5 Å². The molecule has 2 rings (SSSR count). The summed E-state index contributed by atoms with van der Waals surface area (Å²) in [7, 11) is 0. The fraction of sp³-hybridized carbons (Fsp3) is 0.462. The second kappa shape index (κ2) is 5.19. The second-order valence-electron chi connectivity index (χ2n) is 4.35. The number of nitrogens with zero attached hydrogens (tertiary/aromatic N) is 2. The van der Waals surface area contributed by atoms with Gasteiger partial charge in [-0.1, -0.05) is 19.1 Å². The Morgan fingerprint density at radius 3 is 2.47 bits per heavy atom. The van der Waals surface area contributed by atoms with Crippen molar-refractivity contribution < 1.29 is 0 Å². The molecule has 92 valence electrons. The van der Waals surface area contributed by atoms with E-state index in [0.717, 1.165) is 44.0 Å². The van der Waals surface area contributed by atoms with Crippen LogP contribution in [-0.4, -0.2) is 43.5 Å². The molecule has 3 N–H and O–H groups in total. The van der Waals surface area contributed by atoms with E-state index in [9.17, 15) is 0 Å². The summed E-state index contributed by atoms with van der Waals surface area (Å²) < 4.78 is 0. The minimum Gasteiger partial charge on any atom is -0.384 e. The molecule has 0 atom stereocenters. The van der Waals surface area contributed by atoms with Gasteiger partial charge in [-0.2, -0.15) is 0 Å². The second-order valence-corrected chi connectivity index (χ2v) is 4.35. The number of likely N-dealkylation sites (N-methyl/N-ethyl adjacent to an activating group) is 1. The molecule has 1 aliphatic rings. The van der Waals surface area contributed by atoms with E-state index in [1.54, 1.807) is 0 Å². The van der Waals surface area contributed by atoms with Gasteiger partial charge < -0.3 is 15.5 Å². The summed E-state index contributed by atoms with van der Waals surface area (Å²) in [4.78, 5) is 4.76. The van der Waals surface area contributed by atoms with Crippen LogP contribution in [0.4, 0.5) is 5.69 Å². The summed E-state index contributed by atoms with van der Waals surface area (Å²) in [6, 6.07) is 7.92. The predicted octanol–water partition coefficient (Wildman–Crippen LogP) is 1.11. The van der Waals surface area contributed by atoms with Crippen LogP contribution in [0, 0.1) is 5.41 Å². The van der Waals surface area contributed by atoms with Gasteiger partial charge in [-0.25, -0.2) is 0 Å². The summed E-state index contributed by atoms with van der Waals surface area (Å²) in [6.07, 6.45) is 0. The van der Waals surface area contributed by atoms with E-state index >= 15 is 0 Å². The standard InChI is InChI=1S/C13H20N4/c1-2-16-7-9-17(10-8-16)12-6-4-3-5-11(12)13(14)15/h3-6H,2,7-10H2,1H3,(H3,14,15). The number of amidine groups is 1. The molecule has 17 heavy (non-hydrogen) atoms. The van der Waals surface area contributed by atoms with Crippen LogP contribution in [0.2, 0.25) is 0 Å². The smallest absolute Gasteiger partial charge is 0.124 e. The Balaban J connectivity index is 2.15. The molecule has 4 heteroatoms.